The van der Waals surface area contributed by atoms with E-state index in [0.717, 1.165) is 17.0 Å². The molecule has 22 heavy (non-hydrogen) atoms. The average Bonchev–Trinajstić information content (AvgIpc) is 2.83. The van der Waals surface area contributed by atoms with Gasteiger partial charge in [0.1, 0.15) is 4.88 Å². The van der Waals surface area contributed by atoms with Crippen LogP contribution in [-0.2, 0) is 0 Å². The minimum Gasteiger partial charge on any atom is -0.490 e. The Morgan fingerprint density at radius 2 is 1.95 bits per heavy atom. The highest BCUT2D eigenvalue weighted by Gasteiger charge is 2.14. The number of rotatable bonds is 7. The number of hydrogen-bond acceptors (Lipinski definition) is 6. The van der Waals surface area contributed by atoms with Crippen molar-refractivity contribution in [2.24, 2.45) is 0 Å². The first kappa shape index (κ1) is 16.1. The molecular formula is C15H18N2O4S. The van der Waals surface area contributed by atoms with E-state index in [4.69, 9.17) is 14.6 Å². The molecule has 0 aliphatic heterocycles. The fourth-order valence-corrected chi connectivity index (χ4v) is 2.73. The maximum atomic E-state index is 11.0. The number of nitrogens with zero attached hydrogens (tertiary/aromatic N) is 1. The van der Waals surface area contributed by atoms with E-state index in [2.05, 4.69) is 10.3 Å². The Hall–Kier alpha value is -2.28. The summed E-state index contributed by atoms with van der Waals surface area (Å²) in [5.41, 5.74) is 1.26. The van der Waals surface area contributed by atoms with Crippen molar-refractivity contribution < 1.29 is 19.4 Å². The Morgan fingerprint density at radius 3 is 2.55 bits per heavy atom. The van der Waals surface area contributed by atoms with E-state index in [1.807, 2.05) is 32.0 Å². The topological polar surface area (TPSA) is 80.7 Å². The quantitative estimate of drug-likeness (QED) is 0.809. The van der Waals surface area contributed by atoms with Crippen molar-refractivity contribution in [2.45, 2.75) is 20.8 Å². The fraction of sp³-hybridized carbons (Fsp3) is 0.333. The van der Waals surface area contributed by atoms with Crippen LogP contribution in [0.2, 0.25) is 0 Å². The van der Waals surface area contributed by atoms with Crippen LogP contribution >= 0.6 is 11.3 Å². The Morgan fingerprint density at radius 1 is 1.27 bits per heavy atom. The summed E-state index contributed by atoms with van der Waals surface area (Å²) in [6.07, 6.45) is 0. The molecule has 0 aliphatic carbocycles. The lowest BCUT2D eigenvalue weighted by atomic mass is 10.2. The number of anilines is 2. The van der Waals surface area contributed by atoms with Crippen LogP contribution in [0.5, 0.6) is 11.5 Å². The zero-order valence-electron chi connectivity index (χ0n) is 12.7. The fourth-order valence-electron chi connectivity index (χ4n) is 1.90. The molecule has 1 heterocycles. The monoisotopic (exact) mass is 322 g/mol. The maximum Gasteiger partial charge on any atom is 0.347 e. The van der Waals surface area contributed by atoms with Gasteiger partial charge >= 0.3 is 5.97 Å². The van der Waals surface area contributed by atoms with Gasteiger partial charge in [0, 0.05) is 11.8 Å². The second-order valence-electron chi connectivity index (χ2n) is 4.39. The third-order valence-electron chi connectivity index (χ3n) is 2.79. The summed E-state index contributed by atoms with van der Waals surface area (Å²) in [5, 5.41) is 12.7. The van der Waals surface area contributed by atoms with Gasteiger partial charge in [0.25, 0.3) is 0 Å². The number of benzene rings is 1. The van der Waals surface area contributed by atoms with Gasteiger partial charge in [-0.2, -0.15) is 0 Å². The van der Waals surface area contributed by atoms with Crippen LogP contribution in [0.1, 0.15) is 29.2 Å². The van der Waals surface area contributed by atoms with E-state index < -0.39 is 5.97 Å². The Bertz CT molecular complexity index is 670. The van der Waals surface area contributed by atoms with Crippen molar-refractivity contribution >= 4 is 28.1 Å². The van der Waals surface area contributed by atoms with Crippen molar-refractivity contribution in [2.75, 3.05) is 18.5 Å². The second kappa shape index (κ2) is 7.13. The van der Waals surface area contributed by atoms with Gasteiger partial charge in [-0.05, 0) is 32.9 Å². The predicted molar refractivity (Wildman–Crippen MR) is 85.9 cm³/mol. The number of aromatic carboxylic acids is 1. The average molecular weight is 322 g/mol. The molecule has 0 amide bonds. The molecule has 0 atom stereocenters. The number of carbonyl (C=O) groups is 1. The summed E-state index contributed by atoms with van der Waals surface area (Å²) in [5.74, 6) is 0.349. The zero-order valence-corrected chi connectivity index (χ0v) is 13.5. The van der Waals surface area contributed by atoms with Gasteiger partial charge in [-0.1, -0.05) is 11.3 Å². The van der Waals surface area contributed by atoms with Crippen molar-refractivity contribution in [3.8, 4) is 11.5 Å². The van der Waals surface area contributed by atoms with E-state index in [-0.39, 0.29) is 4.88 Å². The molecule has 2 aromatic rings. The van der Waals surface area contributed by atoms with E-state index >= 15 is 0 Å². The van der Waals surface area contributed by atoms with E-state index in [1.165, 1.54) is 0 Å². The van der Waals surface area contributed by atoms with Crippen LogP contribution in [0.25, 0.3) is 0 Å². The predicted octanol–water partition coefficient (Wildman–Crippen LogP) is 3.69. The molecule has 0 aliphatic rings. The van der Waals surface area contributed by atoms with Gasteiger partial charge < -0.3 is 19.9 Å². The van der Waals surface area contributed by atoms with E-state index in [0.29, 0.717) is 35.5 Å². The summed E-state index contributed by atoms with van der Waals surface area (Å²) < 4.78 is 11.1. The van der Waals surface area contributed by atoms with Crippen LogP contribution < -0.4 is 14.8 Å². The largest absolute Gasteiger partial charge is 0.490 e. The number of carboxylic acid groups (broad SMARTS) is 1. The van der Waals surface area contributed by atoms with Crippen molar-refractivity contribution in [3.63, 3.8) is 0 Å². The molecule has 118 valence electrons. The number of thiazole rings is 1. The maximum absolute atomic E-state index is 11.0. The number of hydrogen-bond donors (Lipinski definition) is 2. The molecular weight excluding hydrogens is 304 g/mol. The molecule has 0 saturated heterocycles. The first-order valence-corrected chi connectivity index (χ1v) is 7.74. The first-order valence-electron chi connectivity index (χ1n) is 6.92. The SMILES string of the molecule is CCOc1ccc(Nc2nc(C)c(C(=O)O)s2)cc1OCC. The minimum absolute atomic E-state index is 0.235. The van der Waals surface area contributed by atoms with Crippen LogP contribution in [0.4, 0.5) is 10.8 Å². The van der Waals surface area contributed by atoms with Crippen LogP contribution in [0.3, 0.4) is 0 Å². The Labute approximate surface area is 132 Å². The lowest BCUT2D eigenvalue weighted by Crippen LogP contribution is -1.99. The molecule has 2 N–H and O–H groups in total. The number of carboxylic acids is 1. The highest BCUT2D eigenvalue weighted by Crippen LogP contribution is 2.33. The highest BCUT2D eigenvalue weighted by molar-refractivity contribution is 7.17. The third kappa shape index (κ3) is 3.67. The Balaban J connectivity index is 2.24. The summed E-state index contributed by atoms with van der Waals surface area (Å²) in [4.78, 5) is 15.5. The Kier molecular flexibility index (Phi) is 5.21. The molecule has 7 heteroatoms. The molecule has 1 aromatic heterocycles. The second-order valence-corrected chi connectivity index (χ2v) is 5.39. The molecule has 0 bridgehead atoms. The third-order valence-corrected chi connectivity index (χ3v) is 3.85. The number of aromatic nitrogens is 1. The lowest BCUT2D eigenvalue weighted by molar-refractivity contribution is 0.0701. The van der Waals surface area contributed by atoms with Crippen molar-refractivity contribution in [1.82, 2.24) is 4.98 Å². The van der Waals surface area contributed by atoms with Gasteiger partial charge in [0.05, 0.1) is 18.9 Å². The first-order chi connectivity index (χ1) is 10.5. The van der Waals surface area contributed by atoms with Gasteiger partial charge in [-0.25, -0.2) is 9.78 Å². The molecule has 1 aromatic carbocycles. The number of nitrogens with one attached hydrogen (secondary N) is 1. The number of ether oxygens (including phenoxy) is 2. The van der Waals surface area contributed by atoms with Gasteiger partial charge in [-0.15, -0.1) is 0 Å². The van der Waals surface area contributed by atoms with Crippen LogP contribution in [-0.4, -0.2) is 29.3 Å². The van der Waals surface area contributed by atoms with Crippen molar-refractivity contribution in [3.05, 3.63) is 28.8 Å². The smallest absolute Gasteiger partial charge is 0.347 e. The van der Waals surface area contributed by atoms with Gasteiger partial charge in [0.2, 0.25) is 0 Å². The molecule has 0 spiro atoms. The molecule has 6 nitrogen and oxygen atoms in total. The zero-order chi connectivity index (χ0) is 16.1. The van der Waals surface area contributed by atoms with E-state index in [9.17, 15) is 4.79 Å². The van der Waals surface area contributed by atoms with Gasteiger partial charge in [0.15, 0.2) is 16.6 Å². The van der Waals surface area contributed by atoms with E-state index in [1.54, 1.807) is 6.92 Å². The molecule has 2 rings (SSSR count). The van der Waals surface area contributed by atoms with Crippen LogP contribution in [0, 0.1) is 6.92 Å². The summed E-state index contributed by atoms with van der Waals surface area (Å²) in [6.45, 7) is 6.57. The minimum atomic E-state index is -0.968. The number of aryl methyl sites for hydroxylation is 1. The standard InChI is InChI=1S/C15H18N2O4S/c1-4-20-11-7-6-10(8-12(11)21-5-2)17-15-16-9(3)13(22-15)14(18)19/h6-8H,4-5H2,1-3H3,(H,16,17)(H,18,19). The molecule has 0 unspecified atom stereocenters. The van der Waals surface area contributed by atoms with Crippen LogP contribution in [0.15, 0.2) is 18.2 Å². The summed E-state index contributed by atoms with van der Waals surface area (Å²) >= 11 is 1.10. The summed E-state index contributed by atoms with van der Waals surface area (Å²) in [7, 11) is 0. The molecule has 0 fully saturated rings. The highest BCUT2D eigenvalue weighted by atomic mass is 32.1. The van der Waals surface area contributed by atoms with Gasteiger partial charge in [-0.3, -0.25) is 0 Å². The normalized spacial score (nSPS) is 10.3. The lowest BCUT2D eigenvalue weighted by Gasteiger charge is -2.12. The molecule has 0 saturated carbocycles. The summed E-state index contributed by atoms with van der Waals surface area (Å²) in [6, 6.07) is 5.46. The van der Waals surface area contributed by atoms with Crippen molar-refractivity contribution in [1.29, 1.82) is 0 Å². The molecule has 0 radical (unpaired) electrons.